The molecule has 1 unspecified atom stereocenters. The van der Waals surface area contributed by atoms with Gasteiger partial charge in [0.15, 0.2) is 0 Å². The van der Waals surface area contributed by atoms with Crippen LogP contribution in [0.4, 0.5) is 8.78 Å². The lowest BCUT2D eigenvalue weighted by Gasteiger charge is -2.38. The summed E-state index contributed by atoms with van der Waals surface area (Å²) >= 11 is 5.10. The lowest BCUT2D eigenvalue weighted by Crippen LogP contribution is -2.53. The molecule has 21 heavy (non-hydrogen) atoms. The maximum absolute atomic E-state index is 13.7. The summed E-state index contributed by atoms with van der Waals surface area (Å²) in [4.78, 5) is 4.98. The van der Waals surface area contributed by atoms with Gasteiger partial charge in [-0.05, 0) is 12.5 Å². The Labute approximate surface area is 129 Å². The molecule has 1 aromatic carbocycles. The number of hydrogen-bond donors (Lipinski definition) is 1. The third-order valence-electron chi connectivity index (χ3n) is 3.97. The first kappa shape index (κ1) is 16.3. The summed E-state index contributed by atoms with van der Waals surface area (Å²) < 4.78 is 26.6. The molecule has 1 aromatic rings. The standard InChI is InChI=1S/C15H21F2N3S/c1-2-14(15(18)21)20-7-5-19(6-8-20)10-11-3-4-12(16)9-13(11)17/h3-4,9,14H,2,5-8,10H2,1H3,(H2,18,21). The normalized spacial score (nSPS) is 18.6. The van der Waals surface area contributed by atoms with Crippen molar-refractivity contribution in [3.8, 4) is 0 Å². The Morgan fingerprint density at radius 2 is 1.95 bits per heavy atom. The van der Waals surface area contributed by atoms with Gasteiger partial charge in [-0.1, -0.05) is 25.2 Å². The first-order chi connectivity index (χ1) is 10.0. The predicted molar refractivity (Wildman–Crippen MR) is 84.1 cm³/mol. The molecule has 0 aromatic heterocycles. The van der Waals surface area contributed by atoms with Crippen LogP contribution in [0.25, 0.3) is 0 Å². The number of halogens is 2. The average Bonchev–Trinajstić information content (AvgIpc) is 2.44. The van der Waals surface area contributed by atoms with E-state index in [0.717, 1.165) is 38.7 Å². The van der Waals surface area contributed by atoms with Gasteiger partial charge in [0.25, 0.3) is 0 Å². The predicted octanol–water partition coefficient (Wildman–Crippen LogP) is 2.15. The largest absolute Gasteiger partial charge is 0.392 e. The molecular formula is C15H21F2N3S. The zero-order valence-corrected chi connectivity index (χ0v) is 13.0. The van der Waals surface area contributed by atoms with E-state index in [2.05, 4.69) is 16.7 Å². The fourth-order valence-corrected chi connectivity index (χ4v) is 3.08. The van der Waals surface area contributed by atoms with Gasteiger partial charge in [-0.15, -0.1) is 0 Å². The Morgan fingerprint density at radius 1 is 1.29 bits per heavy atom. The number of benzene rings is 1. The van der Waals surface area contributed by atoms with Crippen LogP contribution in [0.2, 0.25) is 0 Å². The zero-order valence-electron chi connectivity index (χ0n) is 12.2. The molecule has 0 spiro atoms. The molecule has 2 rings (SSSR count). The van der Waals surface area contributed by atoms with Crippen LogP contribution in [0.5, 0.6) is 0 Å². The van der Waals surface area contributed by atoms with Crippen molar-refractivity contribution in [3.63, 3.8) is 0 Å². The van der Waals surface area contributed by atoms with Gasteiger partial charge in [0.1, 0.15) is 11.6 Å². The van der Waals surface area contributed by atoms with Crippen molar-refractivity contribution < 1.29 is 8.78 Å². The van der Waals surface area contributed by atoms with Crippen molar-refractivity contribution in [1.82, 2.24) is 9.80 Å². The van der Waals surface area contributed by atoms with Gasteiger partial charge in [-0.2, -0.15) is 0 Å². The van der Waals surface area contributed by atoms with Gasteiger partial charge in [0.2, 0.25) is 0 Å². The minimum atomic E-state index is -0.539. The number of piperazine rings is 1. The van der Waals surface area contributed by atoms with E-state index >= 15 is 0 Å². The minimum Gasteiger partial charge on any atom is -0.392 e. The van der Waals surface area contributed by atoms with Crippen molar-refractivity contribution in [2.45, 2.75) is 25.9 Å². The Kier molecular flexibility index (Phi) is 5.61. The fraction of sp³-hybridized carbons (Fsp3) is 0.533. The molecule has 0 bridgehead atoms. The molecule has 1 heterocycles. The van der Waals surface area contributed by atoms with Crippen LogP contribution in [-0.4, -0.2) is 47.0 Å². The quantitative estimate of drug-likeness (QED) is 0.844. The van der Waals surface area contributed by atoms with Crippen LogP contribution >= 0.6 is 12.2 Å². The summed E-state index contributed by atoms with van der Waals surface area (Å²) in [7, 11) is 0. The highest BCUT2D eigenvalue weighted by molar-refractivity contribution is 7.80. The summed E-state index contributed by atoms with van der Waals surface area (Å²) in [6.07, 6.45) is 0.905. The molecule has 1 fully saturated rings. The van der Waals surface area contributed by atoms with Crippen molar-refractivity contribution in [2.75, 3.05) is 26.2 Å². The lowest BCUT2D eigenvalue weighted by atomic mass is 10.1. The highest BCUT2D eigenvalue weighted by Crippen LogP contribution is 2.15. The molecule has 1 saturated heterocycles. The van der Waals surface area contributed by atoms with Gasteiger partial charge in [-0.25, -0.2) is 8.78 Å². The Balaban J connectivity index is 1.91. The molecule has 6 heteroatoms. The summed E-state index contributed by atoms with van der Waals surface area (Å²) in [6, 6.07) is 3.89. The van der Waals surface area contributed by atoms with Gasteiger partial charge in [0.05, 0.1) is 11.0 Å². The van der Waals surface area contributed by atoms with Gasteiger partial charge in [0, 0.05) is 44.4 Å². The maximum atomic E-state index is 13.7. The molecule has 116 valence electrons. The molecule has 1 aliphatic rings. The molecule has 0 saturated carbocycles. The van der Waals surface area contributed by atoms with Crippen LogP contribution in [0.1, 0.15) is 18.9 Å². The first-order valence-electron chi connectivity index (χ1n) is 7.21. The molecule has 0 amide bonds. The van der Waals surface area contributed by atoms with Crippen LogP contribution < -0.4 is 5.73 Å². The third-order valence-corrected chi connectivity index (χ3v) is 4.24. The number of thiocarbonyl (C=S) groups is 1. The van der Waals surface area contributed by atoms with E-state index in [1.165, 1.54) is 12.1 Å². The van der Waals surface area contributed by atoms with E-state index in [1.807, 2.05) is 0 Å². The Morgan fingerprint density at radius 3 is 2.48 bits per heavy atom. The number of nitrogens with zero attached hydrogens (tertiary/aromatic N) is 2. The van der Waals surface area contributed by atoms with Gasteiger partial charge in [-0.3, -0.25) is 9.80 Å². The van der Waals surface area contributed by atoms with Crippen LogP contribution in [0.3, 0.4) is 0 Å². The smallest absolute Gasteiger partial charge is 0.130 e. The second-order valence-corrected chi connectivity index (χ2v) is 5.85. The van der Waals surface area contributed by atoms with Gasteiger partial charge >= 0.3 is 0 Å². The van der Waals surface area contributed by atoms with Crippen molar-refractivity contribution >= 4 is 17.2 Å². The first-order valence-corrected chi connectivity index (χ1v) is 7.61. The lowest BCUT2D eigenvalue weighted by molar-refractivity contribution is 0.111. The molecule has 0 aliphatic carbocycles. The van der Waals surface area contributed by atoms with E-state index in [-0.39, 0.29) is 6.04 Å². The molecule has 2 N–H and O–H groups in total. The molecule has 1 aliphatic heterocycles. The topological polar surface area (TPSA) is 32.5 Å². The summed E-state index contributed by atoms with van der Waals surface area (Å²) in [5, 5.41) is 0. The highest BCUT2D eigenvalue weighted by Gasteiger charge is 2.24. The van der Waals surface area contributed by atoms with Crippen molar-refractivity contribution in [2.24, 2.45) is 5.73 Å². The third kappa shape index (κ3) is 4.18. The number of rotatable bonds is 5. The SMILES string of the molecule is CCC(C(N)=S)N1CCN(Cc2ccc(F)cc2F)CC1. The van der Waals surface area contributed by atoms with Crippen molar-refractivity contribution in [1.29, 1.82) is 0 Å². The highest BCUT2D eigenvalue weighted by atomic mass is 32.1. The van der Waals surface area contributed by atoms with Crippen molar-refractivity contribution in [3.05, 3.63) is 35.4 Å². The molecular weight excluding hydrogens is 292 g/mol. The van der Waals surface area contributed by atoms with E-state index in [9.17, 15) is 8.78 Å². The molecule has 1 atom stereocenters. The van der Waals surface area contributed by atoms with Crippen LogP contribution in [0.15, 0.2) is 18.2 Å². The monoisotopic (exact) mass is 313 g/mol. The maximum Gasteiger partial charge on any atom is 0.130 e. The Bertz CT molecular complexity index is 502. The van der Waals surface area contributed by atoms with Gasteiger partial charge < -0.3 is 5.73 Å². The summed E-state index contributed by atoms with van der Waals surface area (Å²) in [5.41, 5.74) is 6.29. The Hall–Kier alpha value is -1.11. The van der Waals surface area contributed by atoms with E-state index in [1.54, 1.807) is 0 Å². The van der Waals surface area contributed by atoms with E-state index in [4.69, 9.17) is 18.0 Å². The summed E-state index contributed by atoms with van der Waals surface area (Å²) in [6.45, 7) is 5.96. The van der Waals surface area contributed by atoms with Crippen LogP contribution in [-0.2, 0) is 6.54 Å². The fourth-order valence-electron chi connectivity index (χ4n) is 2.76. The zero-order chi connectivity index (χ0) is 15.4. The second kappa shape index (κ2) is 7.24. The van der Waals surface area contributed by atoms with E-state index < -0.39 is 11.6 Å². The van der Waals surface area contributed by atoms with Crippen LogP contribution in [0, 0.1) is 11.6 Å². The second-order valence-electron chi connectivity index (χ2n) is 5.37. The minimum absolute atomic E-state index is 0.143. The number of nitrogens with two attached hydrogens (primary N) is 1. The molecule has 0 radical (unpaired) electrons. The average molecular weight is 313 g/mol. The van der Waals surface area contributed by atoms with E-state index in [0.29, 0.717) is 17.1 Å². The molecule has 3 nitrogen and oxygen atoms in total. The summed E-state index contributed by atoms with van der Waals surface area (Å²) in [5.74, 6) is -1.02. The number of hydrogen-bond acceptors (Lipinski definition) is 3.